The molecule has 0 aliphatic heterocycles. The third kappa shape index (κ3) is 5.85. The first-order chi connectivity index (χ1) is 9.17. The standard InChI is InChI=1S/C15H23NO3/c1-3-12(13-7-5-4-6-8-13)9-15(18)16-10-14(17)11-19-2/h4-8,12,14,17H,3,9-11H2,1-2H3,(H,16,18). The highest BCUT2D eigenvalue weighted by molar-refractivity contribution is 5.76. The number of nitrogens with one attached hydrogen (secondary N) is 1. The molecule has 1 aromatic rings. The van der Waals surface area contributed by atoms with Crippen molar-refractivity contribution in [3.63, 3.8) is 0 Å². The van der Waals surface area contributed by atoms with E-state index in [1.165, 1.54) is 12.7 Å². The summed E-state index contributed by atoms with van der Waals surface area (Å²) in [6, 6.07) is 10.0. The SMILES string of the molecule is CCC(CC(=O)NCC(O)COC)c1ccccc1. The summed E-state index contributed by atoms with van der Waals surface area (Å²) in [6.45, 7) is 2.54. The summed E-state index contributed by atoms with van der Waals surface area (Å²) in [5, 5.41) is 12.2. The van der Waals surface area contributed by atoms with Gasteiger partial charge >= 0.3 is 0 Å². The number of carbonyl (C=O) groups excluding carboxylic acids is 1. The van der Waals surface area contributed by atoms with Gasteiger partial charge in [0, 0.05) is 20.1 Å². The largest absolute Gasteiger partial charge is 0.389 e. The number of hydrogen-bond acceptors (Lipinski definition) is 3. The Morgan fingerprint density at radius 1 is 1.37 bits per heavy atom. The molecular formula is C15H23NO3. The Labute approximate surface area is 114 Å². The summed E-state index contributed by atoms with van der Waals surface area (Å²) in [4.78, 5) is 11.8. The molecule has 0 aliphatic carbocycles. The summed E-state index contributed by atoms with van der Waals surface area (Å²) in [7, 11) is 1.52. The van der Waals surface area contributed by atoms with Crippen molar-refractivity contribution in [3.05, 3.63) is 35.9 Å². The van der Waals surface area contributed by atoms with Gasteiger partial charge in [0.25, 0.3) is 0 Å². The van der Waals surface area contributed by atoms with Crippen molar-refractivity contribution in [2.75, 3.05) is 20.3 Å². The zero-order valence-corrected chi connectivity index (χ0v) is 11.6. The maximum Gasteiger partial charge on any atom is 0.220 e. The topological polar surface area (TPSA) is 58.6 Å². The highest BCUT2D eigenvalue weighted by atomic mass is 16.5. The summed E-state index contributed by atoms with van der Waals surface area (Å²) in [5.74, 6) is 0.187. The molecule has 1 aromatic carbocycles. The van der Waals surface area contributed by atoms with Crippen LogP contribution in [0.1, 0.15) is 31.2 Å². The highest BCUT2D eigenvalue weighted by Crippen LogP contribution is 2.22. The Morgan fingerprint density at radius 2 is 2.05 bits per heavy atom. The molecular weight excluding hydrogens is 242 g/mol. The van der Waals surface area contributed by atoms with Crippen LogP contribution in [-0.2, 0) is 9.53 Å². The van der Waals surface area contributed by atoms with E-state index in [1.54, 1.807) is 0 Å². The fourth-order valence-electron chi connectivity index (χ4n) is 2.00. The Hall–Kier alpha value is -1.39. The van der Waals surface area contributed by atoms with Crippen molar-refractivity contribution in [2.45, 2.75) is 31.8 Å². The lowest BCUT2D eigenvalue weighted by atomic mass is 9.93. The van der Waals surface area contributed by atoms with Gasteiger partial charge in [0.05, 0.1) is 12.7 Å². The molecule has 4 nitrogen and oxygen atoms in total. The fourth-order valence-corrected chi connectivity index (χ4v) is 2.00. The maximum atomic E-state index is 11.8. The van der Waals surface area contributed by atoms with Gasteiger partial charge in [-0.15, -0.1) is 0 Å². The van der Waals surface area contributed by atoms with Crippen LogP contribution in [0.25, 0.3) is 0 Å². The molecule has 0 bridgehead atoms. The van der Waals surface area contributed by atoms with Gasteiger partial charge in [-0.25, -0.2) is 0 Å². The molecule has 0 aromatic heterocycles. The van der Waals surface area contributed by atoms with Crippen molar-refractivity contribution < 1.29 is 14.6 Å². The molecule has 2 N–H and O–H groups in total. The number of rotatable bonds is 8. The van der Waals surface area contributed by atoms with Gasteiger partial charge < -0.3 is 15.2 Å². The first kappa shape index (κ1) is 15.7. The minimum absolute atomic E-state index is 0.0362. The molecule has 2 atom stereocenters. The van der Waals surface area contributed by atoms with Gasteiger partial charge in [-0.1, -0.05) is 37.3 Å². The van der Waals surface area contributed by atoms with E-state index in [2.05, 4.69) is 12.2 Å². The Balaban J connectivity index is 2.41. The Bertz CT molecular complexity index is 367. The lowest BCUT2D eigenvalue weighted by Crippen LogP contribution is -2.34. The van der Waals surface area contributed by atoms with Crippen LogP contribution in [0.4, 0.5) is 0 Å². The van der Waals surface area contributed by atoms with E-state index in [0.29, 0.717) is 6.42 Å². The van der Waals surface area contributed by atoms with E-state index in [9.17, 15) is 9.90 Å². The van der Waals surface area contributed by atoms with Gasteiger partial charge in [0.15, 0.2) is 0 Å². The number of hydrogen-bond donors (Lipinski definition) is 2. The molecule has 0 aliphatic rings. The highest BCUT2D eigenvalue weighted by Gasteiger charge is 2.14. The average Bonchev–Trinajstić information content (AvgIpc) is 2.44. The van der Waals surface area contributed by atoms with E-state index in [4.69, 9.17) is 4.74 Å². The number of amides is 1. The molecule has 1 amide bonds. The Kier molecular flexibility index (Phi) is 7.15. The van der Waals surface area contributed by atoms with Crippen LogP contribution in [0.3, 0.4) is 0 Å². The molecule has 0 saturated carbocycles. The first-order valence-electron chi connectivity index (χ1n) is 6.66. The van der Waals surface area contributed by atoms with Crippen LogP contribution < -0.4 is 5.32 Å². The van der Waals surface area contributed by atoms with E-state index in [-0.39, 0.29) is 25.0 Å². The summed E-state index contributed by atoms with van der Waals surface area (Å²) >= 11 is 0. The normalized spacial score (nSPS) is 13.8. The predicted octanol–water partition coefficient (Wildman–Crippen LogP) is 1.69. The molecule has 4 heteroatoms. The number of aliphatic hydroxyl groups excluding tert-OH is 1. The Morgan fingerprint density at radius 3 is 2.63 bits per heavy atom. The second-order valence-electron chi connectivity index (χ2n) is 4.63. The number of aliphatic hydroxyl groups is 1. The molecule has 2 unspecified atom stereocenters. The molecule has 0 radical (unpaired) electrons. The number of ether oxygens (including phenoxy) is 1. The number of methoxy groups -OCH3 is 1. The van der Waals surface area contributed by atoms with Crippen molar-refractivity contribution in [1.82, 2.24) is 5.32 Å². The van der Waals surface area contributed by atoms with E-state index < -0.39 is 6.10 Å². The van der Waals surface area contributed by atoms with Crippen LogP contribution in [0.2, 0.25) is 0 Å². The second kappa shape index (κ2) is 8.67. The summed E-state index contributed by atoms with van der Waals surface area (Å²) in [6.07, 6.45) is 0.712. The minimum atomic E-state index is -0.647. The average molecular weight is 265 g/mol. The molecule has 0 heterocycles. The quantitative estimate of drug-likeness (QED) is 0.752. The molecule has 0 fully saturated rings. The minimum Gasteiger partial charge on any atom is -0.389 e. The van der Waals surface area contributed by atoms with Gasteiger partial charge in [-0.05, 0) is 17.9 Å². The lowest BCUT2D eigenvalue weighted by molar-refractivity contribution is -0.122. The smallest absolute Gasteiger partial charge is 0.220 e. The second-order valence-corrected chi connectivity index (χ2v) is 4.63. The van der Waals surface area contributed by atoms with Crippen LogP contribution in [-0.4, -0.2) is 37.4 Å². The zero-order valence-electron chi connectivity index (χ0n) is 11.6. The molecule has 106 valence electrons. The molecule has 19 heavy (non-hydrogen) atoms. The van der Waals surface area contributed by atoms with E-state index in [0.717, 1.165) is 6.42 Å². The zero-order chi connectivity index (χ0) is 14.1. The van der Waals surface area contributed by atoms with Crippen LogP contribution in [0.5, 0.6) is 0 Å². The summed E-state index contributed by atoms with van der Waals surface area (Å²) < 4.78 is 4.81. The van der Waals surface area contributed by atoms with Gasteiger partial charge in [0.1, 0.15) is 0 Å². The van der Waals surface area contributed by atoms with Gasteiger partial charge in [0.2, 0.25) is 5.91 Å². The monoisotopic (exact) mass is 265 g/mol. The van der Waals surface area contributed by atoms with Gasteiger partial charge in [-0.2, -0.15) is 0 Å². The number of benzene rings is 1. The molecule has 0 saturated heterocycles. The first-order valence-corrected chi connectivity index (χ1v) is 6.66. The van der Waals surface area contributed by atoms with Crippen LogP contribution in [0.15, 0.2) is 30.3 Å². The molecule has 0 spiro atoms. The third-order valence-electron chi connectivity index (χ3n) is 3.09. The van der Waals surface area contributed by atoms with Crippen LogP contribution in [0, 0.1) is 0 Å². The lowest BCUT2D eigenvalue weighted by Gasteiger charge is -2.16. The van der Waals surface area contributed by atoms with Crippen molar-refractivity contribution in [3.8, 4) is 0 Å². The van der Waals surface area contributed by atoms with Crippen molar-refractivity contribution >= 4 is 5.91 Å². The van der Waals surface area contributed by atoms with Gasteiger partial charge in [-0.3, -0.25) is 4.79 Å². The van der Waals surface area contributed by atoms with Crippen LogP contribution >= 0.6 is 0 Å². The van der Waals surface area contributed by atoms with E-state index in [1.807, 2.05) is 30.3 Å². The maximum absolute atomic E-state index is 11.8. The fraction of sp³-hybridized carbons (Fsp3) is 0.533. The van der Waals surface area contributed by atoms with Crippen molar-refractivity contribution in [1.29, 1.82) is 0 Å². The molecule has 1 rings (SSSR count). The van der Waals surface area contributed by atoms with E-state index >= 15 is 0 Å². The summed E-state index contributed by atoms with van der Waals surface area (Å²) in [5.41, 5.74) is 1.18. The third-order valence-corrected chi connectivity index (χ3v) is 3.09. The van der Waals surface area contributed by atoms with Crippen molar-refractivity contribution in [2.24, 2.45) is 0 Å². The predicted molar refractivity (Wildman–Crippen MR) is 75.0 cm³/mol. The number of carbonyl (C=O) groups is 1.